The van der Waals surface area contributed by atoms with Crippen molar-refractivity contribution in [1.82, 2.24) is 0 Å². The van der Waals surface area contributed by atoms with Crippen LogP contribution in [-0.4, -0.2) is 17.0 Å². The number of aliphatic hydroxyl groups excluding tert-OH is 1. The Labute approximate surface area is 110 Å². The monoisotopic (exact) mass is 266 g/mol. The minimum atomic E-state index is -1.19. The van der Waals surface area contributed by atoms with Crippen LogP contribution < -0.4 is 0 Å². The molecule has 0 amide bonds. The van der Waals surface area contributed by atoms with E-state index in [1.54, 1.807) is 0 Å². The SMILES string of the molecule is O=C(c1ccc(F)c(F)c1)[C@@H](O)CC1=CCCCC1. The number of carbonyl (C=O) groups excluding carboxylic acids is 1. The van der Waals surface area contributed by atoms with Crippen molar-refractivity contribution in [3.05, 3.63) is 47.0 Å². The highest BCUT2D eigenvalue weighted by Gasteiger charge is 2.20. The Morgan fingerprint density at radius 3 is 2.68 bits per heavy atom. The molecule has 0 bridgehead atoms. The molecule has 0 aliphatic heterocycles. The third kappa shape index (κ3) is 3.47. The van der Waals surface area contributed by atoms with Gasteiger partial charge in [-0.2, -0.15) is 0 Å². The average Bonchev–Trinajstić information content (AvgIpc) is 2.42. The van der Waals surface area contributed by atoms with Gasteiger partial charge in [0.2, 0.25) is 0 Å². The summed E-state index contributed by atoms with van der Waals surface area (Å²) in [5.74, 6) is -2.64. The highest BCUT2D eigenvalue weighted by atomic mass is 19.2. The average molecular weight is 266 g/mol. The Kier molecular flexibility index (Phi) is 4.43. The molecule has 0 heterocycles. The van der Waals surface area contributed by atoms with Crippen molar-refractivity contribution < 1.29 is 18.7 Å². The minimum absolute atomic E-state index is 0.00260. The number of allylic oxidation sites excluding steroid dienone is 1. The largest absolute Gasteiger partial charge is 0.385 e. The van der Waals surface area contributed by atoms with Crippen LogP contribution >= 0.6 is 0 Å². The van der Waals surface area contributed by atoms with Crippen LogP contribution in [0.3, 0.4) is 0 Å². The third-order valence-corrected chi connectivity index (χ3v) is 3.35. The molecule has 2 nitrogen and oxygen atoms in total. The molecule has 0 fully saturated rings. The van der Waals surface area contributed by atoms with Gasteiger partial charge in [0.05, 0.1) is 0 Å². The first-order valence-corrected chi connectivity index (χ1v) is 6.43. The lowest BCUT2D eigenvalue weighted by Gasteiger charge is -2.16. The Bertz CT molecular complexity index is 509. The van der Waals surface area contributed by atoms with Crippen LogP contribution in [0.5, 0.6) is 0 Å². The van der Waals surface area contributed by atoms with E-state index in [1.165, 1.54) is 6.07 Å². The first-order chi connectivity index (χ1) is 9.08. The summed E-state index contributed by atoms with van der Waals surface area (Å²) in [4.78, 5) is 11.9. The molecule has 0 radical (unpaired) electrons. The summed E-state index contributed by atoms with van der Waals surface area (Å²) in [6.45, 7) is 0. The van der Waals surface area contributed by atoms with E-state index in [1.807, 2.05) is 6.08 Å². The molecule has 4 heteroatoms. The van der Waals surface area contributed by atoms with Crippen LogP contribution in [0.25, 0.3) is 0 Å². The van der Waals surface area contributed by atoms with Crippen LogP contribution in [0, 0.1) is 11.6 Å². The van der Waals surface area contributed by atoms with Gasteiger partial charge in [0.15, 0.2) is 17.4 Å². The Morgan fingerprint density at radius 1 is 1.26 bits per heavy atom. The molecule has 1 atom stereocenters. The summed E-state index contributed by atoms with van der Waals surface area (Å²) >= 11 is 0. The maximum absolute atomic E-state index is 13.0. The number of hydrogen-bond acceptors (Lipinski definition) is 2. The predicted molar refractivity (Wildman–Crippen MR) is 67.9 cm³/mol. The van der Waals surface area contributed by atoms with E-state index in [2.05, 4.69) is 0 Å². The summed E-state index contributed by atoms with van der Waals surface area (Å²) in [5, 5.41) is 9.88. The van der Waals surface area contributed by atoms with Crippen LogP contribution in [-0.2, 0) is 0 Å². The zero-order valence-corrected chi connectivity index (χ0v) is 10.5. The maximum Gasteiger partial charge on any atom is 0.191 e. The molecule has 0 unspecified atom stereocenters. The zero-order chi connectivity index (χ0) is 13.8. The number of aliphatic hydroxyl groups is 1. The van der Waals surface area contributed by atoms with Crippen molar-refractivity contribution in [2.45, 2.75) is 38.2 Å². The van der Waals surface area contributed by atoms with Crippen LogP contribution in [0.2, 0.25) is 0 Å². The van der Waals surface area contributed by atoms with Gasteiger partial charge in [-0.1, -0.05) is 11.6 Å². The molecule has 1 aliphatic rings. The summed E-state index contributed by atoms with van der Waals surface area (Å²) in [6, 6.07) is 2.92. The summed E-state index contributed by atoms with van der Waals surface area (Å²) < 4.78 is 25.8. The normalized spacial score (nSPS) is 16.9. The molecule has 0 saturated carbocycles. The summed E-state index contributed by atoms with van der Waals surface area (Å²) in [7, 11) is 0. The second-order valence-electron chi connectivity index (χ2n) is 4.82. The molecule has 0 saturated heterocycles. The number of rotatable bonds is 4. The van der Waals surface area contributed by atoms with E-state index in [-0.39, 0.29) is 12.0 Å². The van der Waals surface area contributed by atoms with Crippen molar-refractivity contribution >= 4 is 5.78 Å². The van der Waals surface area contributed by atoms with Crippen molar-refractivity contribution in [2.24, 2.45) is 0 Å². The molecule has 2 rings (SSSR count). The van der Waals surface area contributed by atoms with Crippen LogP contribution in [0.4, 0.5) is 8.78 Å². The Morgan fingerprint density at radius 2 is 2.05 bits per heavy atom. The highest BCUT2D eigenvalue weighted by Crippen LogP contribution is 2.22. The zero-order valence-electron chi connectivity index (χ0n) is 10.5. The number of Topliss-reactive ketones (excluding diaryl/α,β-unsaturated/α-hetero) is 1. The lowest BCUT2D eigenvalue weighted by atomic mass is 9.92. The number of carbonyl (C=O) groups is 1. The van der Waals surface area contributed by atoms with E-state index in [0.29, 0.717) is 0 Å². The predicted octanol–water partition coefficient (Wildman–Crippen LogP) is 3.40. The lowest BCUT2D eigenvalue weighted by Crippen LogP contribution is -2.21. The minimum Gasteiger partial charge on any atom is -0.385 e. The first kappa shape index (κ1) is 13.9. The summed E-state index contributed by atoms with van der Waals surface area (Å²) in [5.41, 5.74) is 1.07. The first-order valence-electron chi connectivity index (χ1n) is 6.43. The van der Waals surface area contributed by atoms with Gasteiger partial charge in [-0.25, -0.2) is 8.78 Å². The van der Waals surface area contributed by atoms with E-state index < -0.39 is 23.5 Å². The fourth-order valence-corrected chi connectivity index (χ4v) is 2.27. The number of halogens is 2. The molecule has 0 aromatic heterocycles. The van der Waals surface area contributed by atoms with Gasteiger partial charge in [0, 0.05) is 12.0 Å². The molecular formula is C15H16F2O2. The van der Waals surface area contributed by atoms with Crippen molar-refractivity contribution in [3.63, 3.8) is 0 Å². The number of benzene rings is 1. The molecule has 1 aromatic carbocycles. The molecule has 1 aliphatic carbocycles. The fraction of sp³-hybridized carbons (Fsp3) is 0.400. The van der Waals surface area contributed by atoms with E-state index >= 15 is 0 Å². The standard InChI is InChI=1S/C15H16F2O2/c16-12-7-6-11(9-13(12)17)15(19)14(18)8-10-4-2-1-3-5-10/h4,6-7,9,14,18H,1-3,5,8H2/t14-/m0/s1. The van der Waals surface area contributed by atoms with Crippen molar-refractivity contribution in [2.75, 3.05) is 0 Å². The van der Waals surface area contributed by atoms with Gasteiger partial charge in [-0.15, -0.1) is 0 Å². The summed E-state index contributed by atoms with van der Waals surface area (Å²) in [6.07, 6.45) is 5.20. The maximum atomic E-state index is 13.0. The number of ketones is 1. The van der Waals surface area contributed by atoms with Crippen LogP contribution in [0.1, 0.15) is 42.5 Å². The molecule has 1 aromatic rings. The smallest absolute Gasteiger partial charge is 0.191 e. The van der Waals surface area contributed by atoms with Gasteiger partial charge in [0.1, 0.15) is 6.10 Å². The van der Waals surface area contributed by atoms with Gasteiger partial charge < -0.3 is 5.11 Å². The second-order valence-corrected chi connectivity index (χ2v) is 4.82. The van der Waals surface area contributed by atoms with Gasteiger partial charge in [-0.05, 0) is 43.9 Å². The van der Waals surface area contributed by atoms with Gasteiger partial charge in [-0.3, -0.25) is 4.79 Å². The molecular weight excluding hydrogens is 250 g/mol. The van der Waals surface area contributed by atoms with E-state index in [0.717, 1.165) is 43.4 Å². The highest BCUT2D eigenvalue weighted by molar-refractivity contribution is 5.99. The second kappa shape index (κ2) is 6.06. The molecule has 19 heavy (non-hydrogen) atoms. The third-order valence-electron chi connectivity index (χ3n) is 3.35. The molecule has 102 valence electrons. The number of hydrogen-bond donors (Lipinski definition) is 1. The Balaban J connectivity index is 2.05. The van der Waals surface area contributed by atoms with Crippen LogP contribution in [0.15, 0.2) is 29.8 Å². The fourth-order valence-electron chi connectivity index (χ4n) is 2.27. The van der Waals surface area contributed by atoms with Gasteiger partial charge in [0.25, 0.3) is 0 Å². The van der Waals surface area contributed by atoms with Crippen molar-refractivity contribution in [1.29, 1.82) is 0 Å². The molecule has 0 spiro atoms. The Hall–Kier alpha value is -1.55. The van der Waals surface area contributed by atoms with Crippen molar-refractivity contribution in [3.8, 4) is 0 Å². The van der Waals surface area contributed by atoms with E-state index in [4.69, 9.17) is 0 Å². The topological polar surface area (TPSA) is 37.3 Å². The van der Waals surface area contributed by atoms with E-state index in [9.17, 15) is 18.7 Å². The van der Waals surface area contributed by atoms with Gasteiger partial charge >= 0.3 is 0 Å². The lowest BCUT2D eigenvalue weighted by molar-refractivity contribution is 0.0745. The molecule has 1 N–H and O–H groups in total. The quantitative estimate of drug-likeness (QED) is 0.670.